The van der Waals surface area contributed by atoms with E-state index in [-0.39, 0.29) is 11.2 Å². The quantitative estimate of drug-likeness (QED) is 0.854. The molecule has 0 saturated heterocycles. The van der Waals surface area contributed by atoms with Gasteiger partial charge in [-0.15, -0.1) is 0 Å². The summed E-state index contributed by atoms with van der Waals surface area (Å²) < 4.78 is 6.71. The summed E-state index contributed by atoms with van der Waals surface area (Å²) in [6.07, 6.45) is 3.26. The predicted octanol–water partition coefficient (Wildman–Crippen LogP) is 2.67. The number of benzene rings is 1. The van der Waals surface area contributed by atoms with Gasteiger partial charge in [0.15, 0.2) is 11.5 Å². The van der Waals surface area contributed by atoms with Gasteiger partial charge in [0, 0.05) is 5.56 Å². The number of ether oxygens (including phenoxy) is 1. The van der Waals surface area contributed by atoms with Crippen molar-refractivity contribution in [1.29, 1.82) is 0 Å². The van der Waals surface area contributed by atoms with Crippen molar-refractivity contribution < 1.29 is 9.84 Å². The van der Waals surface area contributed by atoms with Crippen LogP contribution in [0.2, 0.25) is 0 Å². The van der Waals surface area contributed by atoms with Crippen molar-refractivity contribution in [3.05, 3.63) is 35.2 Å². The number of hydrogen-bond donors (Lipinski definition) is 2. The van der Waals surface area contributed by atoms with E-state index in [1.807, 2.05) is 19.1 Å². The van der Waals surface area contributed by atoms with Crippen LogP contribution in [0, 0.1) is 6.92 Å². The molecule has 0 fully saturated rings. The van der Waals surface area contributed by atoms with Crippen LogP contribution in [0.4, 0.5) is 5.95 Å². The lowest BCUT2D eigenvalue weighted by molar-refractivity contribution is 0.371. The van der Waals surface area contributed by atoms with Crippen LogP contribution in [0.3, 0.4) is 0 Å². The molecule has 22 heavy (non-hydrogen) atoms. The van der Waals surface area contributed by atoms with Crippen molar-refractivity contribution in [2.24, 2.45) is 5.10 Å². The zero-order valence-electron chi connectivity index (χ0n) is 13.6. The highest BCUT2D eigenvalue weighted by molar-refractivity contribution is 5.85. The van der Waals surface area contributed by atoms with Crippen molar-refractivity contribution in [2.45, 2.75) is 33.1 Å². The number of nitrogens with zero attached hydrogens (tertiary/aromatic N) is 3. The molecule has 3 N–H and O–H groups in total. The maximum atomic E-state index is 10.3. The van der Waals surface area contributed by atoms with E-state index in [1.54, 1.807) is 12.4 Å². The number of aromatic nitrogens is 2. The Morgan fingerprint density at radius 1 is 1.36 bits per heavy atom. The smallest absolute Gasteiger partial charge is 0.221 e. The molecule has 0 spiro atoms. The number of aromatic hydroxyl groups is 1. The molecule has 0 aliphatic carbocycles. The van der Waals surface area contributed by atoms with Crippen LogP contribution in [0.15, 0.2) is 23.4 Å². The number of nitrogens with two attached hydrogens (primary N) is 1. The number of nitrogen functional groups attached to an aromatic ring is 1. The topological polar surface area (TPSA) is 85.7 Å². The number of anilines is 1. The van der Waals surface area contributed by atoms with E-state index in [9.17, 15) is 5.11 Å². The van der Waals surface area contributed by atoms with E-state index >= 15 is 0 Å². The van der Waals surface area contributed by atoms with Gasteiger partial charge in [0.05, 0.1) is 25.2 Å². The minimum atomic E-state index is -0.0752. The van der Waals surface area contributed by atoms with E-state index in [1.165, 1.54) is 11.8 Å². The number of phenolic OH excluding ortho intramolecular Hbond substituents is 1. The van der Waals surface area contributed by atoms with E-state index < -0.39 is 0 Å². The number of rotatable bonds is 3. The molecule has 0 amide bonds. The van der Waals surface area contributed by atoms with Crippen LogP contribution in [0.25, 0.3) is 0 Å². The Hall–Kier alpha value is -2.50. The molecule has 0 unspecified atom stereocenters. The Morgan fingerprint density at radius 2 is 2.05 bits per heavy atom. The molecule has 0 aliphatic heterocycles. The Kier molecular flexibility index (Phi) is 4.12. The first kappa shape index (κ1) is 15.9. The van der Waals surface area contributed by atoms with Gasteiger partial charge in [-0.2, -0.15) is 5.10 Å². The van der Waals surface area contributed by atoms with E-state index in [0.29, 0.717) is 17.3 Å². The molecule has 2 rings (SSSR count). The van der Waals surface area contributed by atoms with Gasteiger partial charge < -0.3 is 15.6 Å². The average Bonchev–Trinajstić information content (AvgIpc) is 2.74. The molecule has 0 bridgehead atoms. The van der Waals surface area contributed by atoms with Gasteiger partial charge in [0.1, 0.15) is 0 Å². The SMILES string of the molecule is COc1cc(C(C)(C)C)cc(C=Nn2cc(C)nc2N)c1O. The summed E-state index contributed by atoms with van der Waals surface area (Å²) in [7, 11) is 1.53. The minimum absolute atomic E-state index is 0.0506. The molecular weight excluding hydrogens is 280 g/mol. The molecule has 6 heteroatoms. The molecule has 1 aromatic carbocycles. The number of methoxy groups -OCH3 is 1. The summed E-state index contributed by atoms with van der Waals surface area (Å²) in [6, 6.07) is 3.73. The summed E-state index contributed by atoms with van der Waals surface area (Å²) in [5.41, 5.74) is 8.06. The van der Waals surface area contributed by atoms with Crippen molar-refractivity contribution in [3.63, 3.8) is 0 Å². The molecule has 0 radical (unpaired) electrons. The molecule has 1 heterocycles. The third kappa shape index (κ3) is 3.21. The molecular formula is C16H22N4O2. The van der Waals surface area contributed by atoms with E-state index in [0.717, 1.165) is 11.3 Å². The van der Waals surface area contributed by atoms with Crippen LogP contribution >= 0.6 is 0 Å². The first-order chi connectivity index (χ1) is 10.2. The summed E-state index contributed by atoms with van der Waals surface area (Å²) in [4.78, 5) is 4.08. The van der Waals surface area contributed by atoms with Gasteiger partial charge in [0.2, 0.25) is 5.95 Å². The van der Waals surface area contributed by atoms with Crippen molar-refractivity contribution in [3.8, 4) is 11.5 Å². The summed E-state index contributed by atoms with van der Waals surface area (Å²) in [5.74, 6) is 0.769. The van der Waals surface area contributed by atoms with Gasteiger partial charge in [0.25, 0.3) is 0 Å². The van der Waals surface area contributed by atoms with Gasteiger partial charge >= 0.3 is 0 Å². The van der Waals surface area contributed by atoms with Crippen LogP contribution in [0.1, 0.15) is 37.6 Å². The summed E-state index contributed by atoms with van der Waals surface area (Å²) >= 11 is 0. The molecule has 118 valence electrons. The Balaban J connectivity index is 2.48. The zero-order chi connectivity index (χ0) is 16.5. The highest BCUT2D eigenvalue weighted by atomic mass is 16.5. The molecule has 0 atom stereocenters. The zero-order valence-corrected chi connectivity index (χ0v) is 13.6. The predicted molar refractivity (Wildman–Crippen MR) is 87.7 cm³/mol. The van der Waals surface area contributed by atoms with Gasteiger partial charge in [-0.25, -0.2) is 9.66 Å². The molecule has 2 aromatic rings. The number of imidazole rings is 1. The second-order valence-corrected chi connectivity index (χ2v) is 6.20. The molecule has 6 nitrogen and oxygen atoms in total. The minimum Gasteiger partial charge on any atom is -0.504 e. The Bertz CT molecular complexity index is 712. The van der Waals surface area contributed by atoms with Crippen LogP contribution in [-0.2, 0) is 5.41 Å². The second-order valence-electron chi connectivity index (χ2n) is 6.20. The maximum absolute atomic E-state index is 10.3. The van der Waals surface area contributed by atoms with Crippen LogP contribution in [0.5, 0.6) is 11.5 Å². The van der Waals surface area contributed by atoms with Crippen molar-refractivity contribution in [1.82, 2.24) is 9.66 Å². The van der Waals surface area contributed by atoms with Crippen LogP contribution < -0.4 is 10.5 Å². The lowest BCUT2D eigenvalue weighted by Crippen LogP contribution is -2.12. The summed E-state index contributed by atoms with van der Waals surface area (Å²) in [6.45, 7) is 8.12. The Labute approximate surface area is 130 Å². The third-order valence-electron chi connectivity index (χ3n) is 3.35. The number of aryl methyl sites for hydroxylation is 1. The fourth-order valence-electron chi connectivity index (χ4n) is 2.04. The molecule has 0 aliphatic rings. The van der Waals surface area contributed by atoms with Gasteiger partial charge in [-0.1, -0.05) is 20.8 Å². The average molecular weight is 302 g/mol. The fourth-order valence-corrected chi connectivity index (χ4v) is 2.04. The highest BCUT2D eigenvalue weighted by Crippen LogP contribution is 2.35. The largest absolute Gasteiger partial charge is 0.504 e. The number of hydrogen-bond acceptors (Lipinski definition) is 5. The van der Waals surface area contributed by atoms with E-state index in [4.69, 9.17) is 10.5 Å². The lowest BCUT2D eigenvalue weighted by Gasteiger charge is -2.21. The van der Waals surface area contributed by atoms with Gasteiger partial charge in [-0.05, 0) is 30.0 Å². The monoisotopic (exact) mass is 302 g/mol. The fraction of sp³-hybridized carbons (Fsp3) is 0.375. The highest BCUT2D eigenvalue weighted by Gasteiger charge is 2.18. The standard InChI is InChI=1S/C16H22N4O2/c1-10-9-20(15(17)19-10)18-8-11-6-12(16(2,3)4)7-13(22-5)14(11)21/h6-9,21H,1-5H3,(H2,17,19). The molecule has 1 aromatic heterocycles. The number of phenols is 1. The third-order valence-corrected chi connectivity index (χ3v) is 3.35. The first-order valence-corrected chi connectivity index (χ1v) is 6.99. The van der Waals surface area contributed by atoms with Crippen molar-refractivity contribution in [2.75, 3.05) is 12.8 Å². The van der Waals surface area contributed by atoms with Crippen molar-refractivity contribution >= 4 is 12.2 Å². The lowest BCUT2D eigenvalue weighted by atomic mass is 9.86. The van der Waals surface area contributed by atoms with Gasteiger partial charge in [-0.3, -0.25) is 0 Å². The Morgan fingerprint density at radius 3 is 2.55 bits per heavy atom. The molecule has 0 saturated carbocycles. The summed E-state index contributed by atoms with van der Waals surface area (Å²) in [5, 5.41) is 14.5. The maximum Gasteiger partial charge on any atom is 0.221 e. The first-order valence-electron chi connectivity index (χ1n) is 6.99. The second kappa shape index (κ2) is 5.71. The van der Waals surface area contributed by atoms with Crippen LogP contribution in [-0.4, -0.2) is 28.1 Å². The van der Waals surface area contributed by atoms with E-state index in [2.05, 4.69) is 30.9 Å². The normalized spacial score (nSPS) is 12.0.